The van der Waals surface area contributed by atoms with Crippen molar-refractivity contribution in [3.63, 3.8) is 0 Å². The second kappa shape index (κ2) is 4.54. The van der Waals surface area contributed by atoms with Gasteiger partial charge in [-0.2, -0.15) is 0 Å². The number of aliphatic hydroxyl groups excluding tert-OH is 1. The van der Waals surface area contributed by atoms with Crippen molar-refractivity contribution in [2.45, 2.75) is 25.9 Å². The summed E-state index contributed by atoms with van der Waals surface area (Å²) in [6, 6.07) is 6.42. The maximum Gasteiger partial charge on any atom is 0.0574 e. The third-order valence-electron chi connectivity index (χ3n) is 2.97. The molecule has 1 N–H and O–H groups in total. The number of rotatable bonds is 1. The fourth-order valence-electron chi connectivity index (χ4n) is 1.95. The molecule has 1 fully saturated rings. The predicted molar refractivity (Wildman–Crippen MR) is 66.3 cm³/mol. The van der Waals surface area contributed by atoms with Gasteiger partial charge in [0.1, 0.15) is 0 Å². The van der Waals surface area contributed by atoms with Crippen molar-refractivity contribution in [2.24, 2.45) is 0 Å². The molecule has 1 aromatic carbocycles. The largest absolute Gasteiger partial charge is 0.393 e. The minimum absolute atomic E-state index is 0.0993. The van der Waals surface area contributed by atoms with Crippen LogP contribution in [-0.2, 0) is 0 Å². The molecular weight excluding hydrogens is 254 g/mol. The van der Waals surface area contributed by atoms with Crippen molar-refractivity contribution in [3.8, 4) is 0 Å². The van der Waals surface area contributed by atoms with E-state index in [0.717, 1.165) is 30.4 Å². The summed E-state index contributed by atoms with van der Waals surface area (Å²) in [7, 11) is 0. The number of hydrogen-bond acceptors (Lipinski definition) is 2. The van der Waals surface area contributed by atoms with E-state index < -0.39 is 0 Å². The smallest absolute Gasteiger partial charge is 0.0574 e. The number of piperidine rings is 1. The van der Waals surface area contributed by atoms with Gasteiger partial charge in [0, 0.05) is 23.2 Å². The number of nitrogens with zero attached hydrogens (tertiary/aromatic N) is 1. The highest BCUT2D eigenvalue weighted by Crippen LogP contribution is 2.25. The first-order valence-corrected chi connectivity index (χ1v) is 6.15. The summed E-state index contributed by atoms with van der Waals surface area (Å²) in [5, 5.41) is 9.44. The molecule has 0 atom stereocenters. The van der Waals surface area contributed by atoms with E-state index in [1.54, 1.807) is 0 Å². The van der Waals surface area contributed by atoms with Crippen molar-refractivity contribution >= 4 is 21.6 Å². The van der Waals surface area contributed by atoms with Gasteiger partial charge in [-0.15, -0.1) is 0 Å². The first-order chi connectivity index (χ1) is 7.16. The van der Waals surface area contributed by atoms with Crippen molar-refractivity contribution in [2.75, 3.05) is 18.0 Å². The lowest BCUT2D eigenvalue weighted by Crippen LogP contribution is -2.35. The molecule has 1 aromatic rings. The molecular formula is C12H16BrNO. The van der Waals surface area contributed by atoms with Crippen LogP contribution in [-0.4, -0.2) is 24.3 Å². The monoisotopic (exact) mass is 269 g/mol. The third kappa shape index (κ3) is 2.52. The number of aliphatic hydroxyl groups is 1. The molecule has 2 rings (SSSR count). The number of aryl methyl sites for hydroxylation is 1. The van der Waals surface area contributed by atoms with Gasteiger partial charge in [-0.3, -0.25) is 0 Å². The van der Waals surface area contributed by atoms with Crippen LogP contribution in [0.15, 0.2) is 22.7 Å². The highest BCUT2D eigenvalue weighted by molar-refractivity contribution is 9.10. The molecule has 1 aliphatic heterocycles. The van der Waals surface area contributed by atoms with E-state index in [1.807, 2.05) is 0 Å². The summed E-state index contributed by atoms with van der Waals surface area (Å²) >= 11 is 3.50. The molecule has 0 amide bonds. The Morgan fingerprint density at radius 3 is 2.60 bits per heavy atom. The first-order valence-electron chi connectivity index (χ1n) is 5.36. The maximum absolute atomic E-state index is 9.44. The molecule has 0 saturated carbocycles. The number of hydrogen-bond donors (Lipinski definition) is 1. The molecule has 2 nitrogen and oxygen atoms in total. The number of anilines is 1. The van der Waals surface area contributed by atoms with Gasteiger partial charge in [-0.05, 0) is 43.5 Å². The van der Waals surface area contributed by atoms with E-state index in [0.29, 0.717) is 0 Å². The van der Waals surface area contributed by atoms with Gasteiger partial charge in [-0.25, -0.2) is 0 Å². The van der Waals surface area contributed by atoms with E-state index in [9.17, 15) is 5.11 Å². The van der Waals surface area contributed by atoms with Crippen LogP contribution in [0, 0.1) is 6.92 Å². The van der Waals surface area contributed by atoms with Crippen LogP contribution in [0.4, 0.5) is 5.69 Å². The molecule has 0 bridgehead atoms. The van der Waals surface area contributed by atoms with Gasteiger partial charge in [0.2, 0.25) is 0 Å². The Hall–Kier alpha value is -0.540. The minimum Gasteiger partial charge on any atom is -0.393 e. The van der Waals surface area contributed by atoms with Gasteiger partial charge < -0.3 is 10.0 Å². The van der Waals surface area contributed by atoms with Crippen molar-refractivity contribution in [1.82, 2.24) is 0 Å². The van der Waals surface area contributed by atoms with E-state index >= 15 is 0 Å². The predicted octanol–water partition coefficient (Wildman–Crippen LogP) is 2.72. The standard InChI is InChI=1S/C12H16BrNO/c1-9-8-10(2-3-12(9)13)14-6-4-11(15)5-7-14/h2-3,8,11,15H,4-7H2,1H3. The maximum atomic E-state index is 9.44. The summed E-state index contributed by atoms with van der Waals surface area (Å²) in [5.74, 6) is 0. The van der Waals surface area contributed by atoms with Crippen LogP contribution in [0.5, 0.6) is 0 Å². The Kier molecular flexibility index (Phi) is 3.32. The summed E-state index contributed by atoms with van der Waals surface area (Å²) < 4.78 is 1.16. The zero-order chi connectivity index (χ0) is 10.8. The van der Waals surface area contributed by atoms with Gasteiger partial charge in [0.15, 0.2) is 0 Å². The molecule has 15 heavy (non-hydrogen) atoms. The van der Waals surface area contributed by atoms with Gasteiger partial charge >= 0.3 is 0 Å². The highest BCUT2D eigenvalue weighted by atomic mass is 79.9. The van der Waals surface area contributed by atoms with Gasteiger partial charge in [-0.1, -0.05) is 15.9 Å². The summed E-state index contributed by atoms with van der Waals surface area (Å²) in [6.07, 6.45) is 1.67. The molecule has 3 heteroatoms. The molecule has 0 aliphatic carbocycles. The summed E-state index contributed by atoms with van der Waals surface area (Å²) in [4.78, 5) is 2.34. The van der Waals surface area contributed by atoms with Crippen LogP contribution >= 0.6 is 15.9 Å². The molecule has 1 heterocycles. The van der Waals surface area contributed by atoms with Crippen molar-refractivity contribution in [1.29, 1.82) is 0 Å². The Labute approximate surface area is 99.0 Å². The van der Waals surface area contributed by atoms with E-state index in [1.165, 1.54) is 11.3 Å². The fourth-order valence-corrected chi connectivity index (χ4v) is 2.20. The zero-order valence-corrected chi connectivity index (χ0v) is 10.5. The van der Waals surface area contributed by atoms with E-state index in [2.05, 4.69) is 46.0 Å². The second-order valence-electron chi connectivity index (χ2n) is 4.15. The van der Waals surface area contributed by atoms with Crippen LogP contribution in [0.25, 0.3) is 0 Å². The Morgan fingerprint density at radius 1 is 1.33 bits per heavy atom. The van der Waals surface area contributed by atoms with Crippen molar-refractivity contribution in [3.05, 3.63) is 28.2 Å². The van der Waals surface area contributed by atoms with E-state index in [4.69, 9.17) is 0 Å². The van der Waals surface area contributed by atoms with Crippen LogP contribution < -0.4 is 4.90 Å². The zero-order valence-electron chi connectivity index (χ0n) is 8.91. The lowest BCUT2D eigenvalue weighted by Gasteiger charge is -2.31. The Bertz CT molecular complexity index is 345. The quantitative estimate of drug-likeness (QED) is 0.848. The minimum atomic E-state index is -0.0993. The lowest BCUT2D eigenvalue weighted by atomic mass is 10.1. The molecule has 0 unspecified atom stereocenters. The van der Waals surface area contributed by atoms with Crippen LogP contribution in [0.2, 0.25) is 0 Å². The first kappa shape index (κ1) is 11.0. The number of halogens is 1. The SMILES string of the molecule is Cc1cc(N2CCC(O)CC2)ccc1Br. The highest BCUT2D eigenvalue weighted by Gasteiger charge is 2.17. The Balaban J connectivity index is 2.12. The normalized spacial score (nSPS) is 18.2. The third-order valence-corrected chi connectivity index (χ3v) is 3.86. The van der Waals surface area contributed by atoms with Crippen molar-refractivity contribution < 1.29 is 5.11 Å². The Morgan fingerprint density at radius 2 is 2.00 bits per heavy atom. The average molecular weight is 270 g/mol. The molecule has 82 valence electrons. The van der Waals surface area contributed by atoms with Crippen LogP contribution in [0.1, 0.15) is 18.4 Å². The summed E-state index contributed by atoms with van der Waals surface area (Å²) in [5.41, 5.74) is 2.53. The fraction of sp³-hybridized carbons (Fsp3) is 0.500. The summed E-state index contributed by atoms with van der Waals surface area (Å²) in [6.45, 7) is 4.02. The van der Waals surface area contributed by atoms with E-state index in [-0.39, 0.29) is 6.10 Å². The molecule has 0 spiro atoms. The molecule has 1 saturated heterocycles. The topological polar surface area (TPSA) is 23.5 Å². The molecule has 0 radical (unpaired) electrons. The van der Waals surface area contributed by atoms with Crippen LogP contribution in [0.3, 0.4) is 0 Å². The molecule has 0 aromatic heterocycles. The average Bonchev–Trinajstić information content (AvgIpc) is 2.23. The van der Waals surface area contributed by atoms with Gasteiger partial charge in [0.25, 0.3) is 0 Å². The molecule has 1 aliphatic rings. The van der Waals surface area contributed by atoms with Gasteiger partial charge in [0.05, 0.1) is 6.10 Å². The number of benzene rings is 1. The second-order valence-corrected chi connectivity index (χ2v) is 5.01. The lowest BCUT2D eigenvalue weighted by molar-refractivity contribution is 0.145.